The van der Waals surface area contributed by atoms with Gasteiger partial charge in [0, 0.05) is 5.75 Å². The number of hydrogen-bond acceptors (Lipinski definition) is 1. The molecule has 0 saturated carbocycles. The standard InChI is InChI=1S/C3H3BrCl2S/c4-3(6)2(5)1-7/h7H,1H2. The van der Waals surface area contributed by atoms with E-state index in [1.54, 1.807) is 0 Å². The smallest absolute Gasteiger partial charge is 0.0987 e. The van der Waals surface area contributed by atoms with Crippen LogP contribution in [-0.2, 0) is 0 Å². The SMILES string of the molecule is SCC(Cl)=C(Cl)Br. The molecule has 0 aliphatic rings. The Morgan fingerprint density at radius 2 is 2.00 bits per heavy atom. The Morgan fingerprint density at radius 3 is 2.00 bits per heavy atom. The summed E-state index contributed by atoms with van der Waals surface area (Å²) < 4.78 is 0.434. The zero-order chi connectivity index (χ0) is 5.86. The third-order valence-corrected chi connectivity index (χ3v) is 2.20. The zero-order valence-corrected chi connectivity index (χ0v) is 7.28. The zero-order valence-electron chi connectivity index (χ0n) is 3.29. The average Bonchev–Trinajstić information content (AvgIpc) is 1.65. The molecule has 0 unspecified atom stereocenters. The van der Waals surface area contributed by atoms with Gasteiger partial charge in [-0.15, -0.1) is 0 Å². The molecule has 0 nitrogen and oxygen atoms in total. The van der Waals surface area contributed by atoms with Crippen LogP contribution in [0.25, 0.3) is 0 Å². The van der Waals surface area contributed by atoms with Gasteiger partial charge < -0.3 is 0 Å². The van der Waals surface area contributed by atoms with Crippen molar-refractivity contribution < 1.29 is 0 Å². The van der Waals surface area contributed by atoms with Crippen LogP contribution in [0, 0.1) is 0 Å². The molecule has 0 rings (SSSR count). The minimum atomic E-state index is 0.434. The Morgan fingerprint density at radius 1 is 1.57 bits per heavy atom. The number of rotatable bonds is 1. The fraction of sp³-hybridized carbons (Fsp3) is 0.333. The summed E-state index contributed by atoms with van der Waals surface area (Å²) in [6.45, 7) is 0. The van der Waals surface area contributed by atoms with Crippen LogP contribution in [0.1, 0.15) is 0 Å². The summed E-state index contributed by atoms with van der Waals surface area (Å²) in [5.41, 5.74) is 0. The maximum atomic E-state index is 5.42. The summed E-state index contributed by atoms with van der Waals surface area (Å²) in [7, 11) is 0. The van der Waals surface area contributed by atoms with E-state index in [-0.39, 0.29) is 0 Å². The fourth-order valence-corrected chi connectivity index (χ4v) is 0.735. The highest BCUT2D eigenvalue weighted by atomic mass is 79.9. The molecule has 0 aromatic heterocycles. The van der Waals surface area contributed by atoms with E-state index in [1.165, 1.54) is 0 Å². The molecule has 0 radical (unpaired) electrons. The Balaban J connectivity index is 3.72. The molecule has 0 heterocycles. The van der Waals surface area contributed by atoms with Crippen molar-refractivity contribution in [3.8, 4) is 0 Å². The van der Waals surface area contributed by atoms with Gasteiger partial charge in [-0.05, 0) is 15.9 Å². The third kappa shape index (κ3) is 3.71. The van der Waals surface area contributed by atoms with Crippen molar-refractivity contribution in [2.45, 2.75) is 0 Å². The van der Waals surface area contributed by atoms with Crippen molar-refractivity contribution in [3.63, 3.8) is 0 Å². The number of hydrogen-bond donors (Lipinski definition) is 1. The molecule has 0 aromatic carbocycles. The number of thiol groups is 1. The van der Waals surface area contributed by atoms with E-state index in [2.05, 4.69) is 28.6 Å². The van der Waals surface area contributed by atoms with E-state index in [1.807, 2.05) is 0 Å². The van der Waals surface area contributed by atoms with Crippen LogP contribution in [0.15, 0.2) is 8.97 Å². The van der Waals surface area contributed by atoms with E-state index in [9.17, 15) is 0 Å². The largest absolute Gasteiger partial charge is 0.174 e. The molecule has 42 valence electrons. The van der Waals surface area contributed by atoms with E-state index < -0.39 is 0 Å². The summed E-state index contributed by atoms with van der Waals surface area (Å²) in [5, 5.41) is 0.532. The minimum absolute atomic E-state index is 0.434. The molecule has 0 atom stereocenters. The Kier molecular flexibility index (Phi) is 4.74. The van der Waals surface area contributed by atoms with Gasteiger partial charge >= 0.3 is 0 Å². The number of halogens is 3. The Hall–Kier alpha value is 1.15. The monoisotopic (exact) mass is 220 g/mol. The van der Waals surface area contributed by atoms with Crippen LogP contribution >= 0.6 is 51.8 Å². The van der Waals surface area contributed by atoms with Gasteiger partial charge in [-0.25, -0.2) is 0 Å². The lowest BCUT2D eigenvalue weighted by Crippen LogP contribution is -1.69. The molecule has 0 aromatic rings. The lowest BCUT2D eigenvalue weighted by atomic mass is 10.7. The maximum absolute atomic E-state index is 5.42. The van der Waals surface area contributed by atoms with Gasteiger partial charge in [0.05, 0.1) is 8.97 Å². The van der Waals surface area contributed by atoms with Crippen LogP contribution in [0.5, 0.6) is 0 Å². The molecule has 0 amide bonds. The molecule has 0 spiro atoms. The first-order valence-electron chi connectivity index (χ1n) is 1.49. The van der Waals surface area contributed by atoms with Crippen molar-refractivity contribution in [3.05, 3.63) is 8.97 Å². The second-order valence-corrected chi connectivity index (χ2v) is 3.22. The van der Waals surface area contributed by atoms with Crippen molar-refractivity contribution in [1.82, 2.24) is 0 Å². The van der Waals surface area contributed by atoms with Gasteiger partial charge in [0.25, 0.3) is 0 Å². The first-order valence-corrected chi connectivity index (χ1v) is 3.67. The van der Waals surface area contributed by atoms with Crippen LogP contribution in [0.2, 0.25) is 0 Å². The summed E-state index contributed by atoms with van der Waals surface area (Å²) in [6.07, 6.45) is 0. The molecule has 0 bridgehead atoms. The van der Waals surface area contributed by atoms with E-state index in [0.717, 1.165) is 0 Å². The maximum Gasteiger partial charge on any atom is 0.0987 e. The van der Waals surface area contributed by atoms with E-state index in [0.29, 0.717) is 14.7 Å². The molecular weight excluding hydrogens is 219 g/mol. The van der Waals surface area contributed by atoms with Gasteiger partial charge in [0.15, 0.2) is 0 Å². The first-order chi connectivity index (χ1) is 3.18. The molecule has 0 aliphatic heterocycles. The Labute approximate surface area is 66.4 Å². The van der Waals surface area contributed by atoms with Crippen LogP contribution in [0.4, 0.5) is 0 Å². The van der Waals surface area contributed by atoms with Crippen LogP contribution in [-0.4, -0.2) is 5.75 Å². The normalized spacial score (nSPS) is 13.7. The lowest BCUT2D eigenvalue weighted by Gasteiger charge is -1.86. The van der Waals surface area contributed by atoms with Crippen molar-refractivity contribution >= 4 is 51.8 Å². The molecule has 0 aliphatic carbocycles. The highest BCUT2D eigenvalue weighted by molar-refractivity contribution is 9.12. The van der Waals surface area contributed by atoms with Crippen molar-refractivity contribution in [1.29, 1.82) is 0 Å². The van der Waals surface area contributed by atoms with Crippen LogP contribution < -0.4 is 0 Å². The molecule has 0 saturated heterocycles. The third-order valence-electron chi connectivity index (χ3n) is 0.344. The van der Waals surface area contributed by atoms with E-state index >= 15 is 0 Å². The highest BCUT2D eigenvalue weighted by Gasteiger charge is 1.91. The van der Waals surface area contributed by atoms with Gasteiger partial charge in [-0.2, -0.15) is 12.6 Å². The lowest BCUT2D eigenvalue weighted by molar-refractivity contribution is 1.73. The summed E-state index contributed by atoms with van der Waals surface area (Å²) in [6, 6.07) is 0. The second-order valence-electron chi connectivity index (χ2n) is 0.823. The summed E-state index contributed by atoms with van der Waals surface area (Å²) >= 11 is 17.6. The highest BCUT2D eigenvalue weighted by Crippen LogP contribution is 2.19. The van der Waals surface area contributed by atoms with Crippen molar-refractivity contribution in [2.24, 2.45) is 0 Å². The molecule has 0 N–H and O–H groups in total. The quantitative estimate of drug-likeness (QED) is 0.647. The molecular formula is C3H3BrCl2S. The predicted molar refractivity (Wildman–Crippen MR) is 41.5 cm³/mol. The fourth-order valence-electron chi connectivity index (χ4n) is 0.0598. The van der Waals surface area contributed by atoms with Gasteiger partial charge in [-0.1, -0.05) is 23.2 Å². The van der Waals surface area contributed by atoms with Crippen molar-refractivity contribution in [2.75, 3.05) is 5.75 Å². The van der Waals surface area contributed by atoms with Gasteiger partial charge in [0.2, 0.25) is 0 Å². The average molecular weight is 222 g/mol. The molecule has 0 fully saturated rings. The van der Waals surface area contributed by atoms with Crippen LogP contribution in [0.3, 0.4) is 0 Å². The summed E-state index contributed by atoms with van der Waals surface area (Å²) in [4.78, 5) is 0. The molecule has 4 heteroatoms. The molecule has 7 heavy (non-hydrogen) atoms. The Bertz CT molecular complexity index is 86.9. The second kappa shape index (κ2) is 4.07. The summed E-state index contributed by atoms with van der Waals surface area (Å²) in [5.74, 6) is 0.478. The van der Waals surface area contributed by atoms with E-state index in [4.69, 9.17) is 23.2 Å². The predicted octanol–water partition coefficient (Wildman–Crippen LogP) is 2.96. The first kappa shape index (κ1) is 8.15. The topological polar surface area (TPSA) is 0 Å². The van der Waals surface area contributed by atoms with Gasteiger partial charge in [-0.3, -0.25) is 0 Å². The minimum Gasteiger partial charge on any atom is -0.174 e. The van der Waals surface area contributed by atoms with Gasteiger partial charge in [0.1, 0.15) is 0 Å².